The van der Waals surface area contributed by atoms with E-state index in [-0.39, 0.29) is 11.5 Å². The van der Waals surface area contributed by atoms with E-state index in [2.05, 4.69) is 0 Å². The molecule has 4 nitrogen and oxygen atoms in total. The van der Waals surface area contributed by atoms with Crippen LogP contribution < -0.4 is 9.47 Å². The van der Waals surface area contributed by atoms with Crippen molar-refractivity contribution in [3.05, 3.63) is 48.5 Å². The van der Waals surface area contributed by atoms with E-state index in [0.717, 1.165) is 0 Å². The zero-order valence-electron chi connectivity index (χ0n) is 9.91. The normalized spacial score (nSPS) is 11.8. The maximum absolute atomic E-state index is 9.33. The lowest BCUT2D eigenvalue weighted by atomic mass is 10.3. The zero-order valence-corrected chi connectivity index (χ0v) is 9.91. The van der Waals surface area contributed by atoms with Crippen molar-refractivity contribution in [1.29, 1.82) is 0 Å². The largest absolute Gasteiger partial charge is 0.504 e. The van der Waals surface area contributed by atoms with Gasteiger partial charge in [0.05, 0.1) is 0 Å². The standard InChI is InChI=1S/C14H14O4/c1-10(17-11-5-3-2-4-6-11)18-12-7-8-13(15)14(16)9-12/h2-10,15-16H,1H3. The second-order valence-corrected chi connectivity index (χ2v) is 3.77. The highest BCUT2D eigenvalue weighted by Gasteiger charge is 2.07. The topological polar surface area (TPSA) is 58.9 Å². The van der Waals surface area contributed by atoms with E-state index in [0.29, 0.717) is 11.5 Å². The Morgan fingerprint density at radius 3 is 2.17 bits per heavy atom. The van der Waals surface area contributed by atoms with E-state index in [4.69, 9.17) is 9.47 Å². The van der Waals surface area contributed by atoms with Crippen molar-refractivity contribution in [3.8, 4) is 23.0 Å². The molecule has 4 heteroatoms. The van der Waals surface area contributed by atoms with E-state index >= 15 is 0 Å². The van der Waals surface area contributed by atoms with Crippen molar-refractivity contribution in [1.82, 2.24) is 0 Å². The molecule has 94 valence electrons. The van der Waals surface area contributed by atoms with Gasteiger partial charge in [0.25, 0.3) is 0 Å². The predicted molar refractivity (Wildman–Crippen MR) is 66.9 cm³/mol. The van der Waals surface area contributed by atoms with Crippen LogP contribution in [0.25, 0.3) is 0 Å². The van der Waals surface area contributed by atoms with Crippen LogP contribution >= 0.6 is 0 Å². The Balaban J connectivity index is 1.99. The summed E-state index contributed by atoms with van der Waals surface area (Å²) in [4.78, 5) is 0. The molecule has 0 bridgehead atoms. The fourth-order valence-corrected chi connectivity index (χ4v) is 1.48. The highest BCUT2D eigenvalue weighted by Crippen LogP contribution is 2.29. The quantitative estimate of drug-likeness (QED) is 0.643. The van der Waals surface area contributed by atoms with E-state index in [1.54, 1.807) is 13.0 Å². The van der Waals surface area contributed by atoms with E-state index in [1.165, 1.54) is 12.1 Å². The highest BCUT2D eigenvalue weighted by molar-refractivity contribution is 5.43. The van der Waals surface area contributed by atoms with Crippen LogP contribution in [0.15, 0.2) is 48.5 Å². The Morgan fingerprint density at radius 1 is 0.833 bits per heavy atom. The highest BCUT2D eigenvalue weighted by atomic mass is 16.7. The second kappa shape index (κ2) is 5.31. The van der Waals surface area contributed by atoms with Gasteiger partial charge in [0.1, 0.15) is 11.5 Å². The van der Waals surface area contributed by atoms with Crippen molar-refractivity contribution in [3.63, 3.8) is 0 Å². The first-order valence-corrected chi connectivity index (χ1v) is 5.55. The van der Waals surface area contributed by atoms with Gasteiger partial charge in [0.15, 0.2) is 11.5 Å². The molecule has 0 heterocycles. The van der Waals surface area contributed by atoms with Crippen LogP contribution in [0.4, 0.5) is 0 Å². The third kappa shape index (κ3) is 3.07. The van der Waals surface area contributed by atoms with E-state index in [1.807, 2.05) is 30.3 Å². The lowest BCUT2D eigenvalue weighted by molar-refractivity contribution is 0.0221. The summed E-state index contributed by atoms with van der Waals surface area (Å²) in [5, 5.41) is 18.5. The average Bonchev–Trinajstić information content (AvgIpc) is 2.35. The van der Waals surface area contributed by atoms with Crippen molar-refractivity contribution >= 4 is 0 Å². The fraction of sp³-hybridized carbons (Fsp3) is 0.143. The van der Waals surface area contributed by atoms with Gasteiger partial charge in [-0.1, -0.05) is 18.2 Å². The Bertz CT molecular complexity index is 510. The Labute approximate surface area is 105 Å². The first kappa shape index (κ1) is 12.1. The lowest BCUT2D eigenvalue weighted by Gasteiger charge is -2.16. The Hall–Kier alpha value is -2.36. The van der Waals surface area contributed by atoms with Gasteiger partial charge >= 0.3 is 0 Å². The Kier molecular flexibility index (Phi) is 3.57. The molecular formula is C14H14O4. The summed E-state index contributed by atoms with van der Waals surface area (Å²) in [5.41, 5.74) is 0. The molecule has 2 aromatic rings. The minimum atomic E-state index is -0.503. The summed E-state index contributed by atoms with van der Waals surface area (Å²) >= 11 is 0. The van der Waals surface area contributed by atoms with Gasteiger partial charge in [0.2, 0.25) is 6.29 Å². The summed E-state index contributed by atoms with van der Waals surface area (Å²) in [7, 11) is 0. The van der Waals surface area contributed by atoms with Gasteiger partial charge in [-0.05, 0) is 24.3 Å². The van der Waals surface area contributed by atoms with E-state index in [9.17, 15) is 10.2 Å². The number of para-hydroxylation sites is 1. The van der Waals surface area contributed by atoms with Gasteiger partial charge in [-0.25, -0.2) is 0 Å². The molecule has 0 spiro atoms. The van der Waals surface area contributed by atoms with Gasteiger partial charge < -0.3 is 19.7 Å². The SMILES string of the molecule is CC(Oc1ccccc1)Oc1ccc(O)c(O)c1. The van der Waals surface area contributed by atoms with Gasteiger partial charge in [-0.2, -0.15) is 0 Å². The van der Waals surface area contributed by atoms with Crippen LogP contribution in [0.1, 0.15) is 6.92 Å². The summed E-state index contributed by atoms with van der Waals surface area (Å²) in [6.07, 6.45) is -0.503. The number of hydrogen-bond donors (Lipinski definition) is 2. The second-order valence-electron chi connectivity index (χ2n) is 3.77. The van der Waals surface area contributed by atoms with Crippen LogP contribution in [-0.4, -0.2) is 16.5 Å². The summed E-state index contributed by atoms with van der Waals surface area (Å²) in [5.74, 6) is 0.722. The first-order valence-electron chi connectivity index (χ1n) is 5.55. The minimum absolute atomic E-state index is 0.181. The van der Waals surface area contributed by atoms with Gasteiger partial charge in [-0.3, -0.25) is 0 Å². The first-order chi connectivity index (χ1) is 8.65. The molecule has 0 fully saturated rings. The number of phenols is 2. The molecule has 2 aromatic carbocycles. The molecule has 2 rings (SSSR count). The summed E-state index contributed by atoms with van der Waals surface area (Å²) in [6.45, 7) is 1.75. The van der Waals surface area contributed by atoms with Crippen molar-refractivity contribution in [2.24, 2.45) is 0 Å². The van der Waals surface area contributed by atoms with Gasteiger partial charge in [0, 0.05) is 13.0 Å². The monoisotopic (exact) mass is 246 g/mol. The number of benzene rings is 2. The maximum Gasteiger partial charge on any atom is 0.238 e. The van der Waals surface area contributed by atoms with Crippen LogP contribution in [-0.2, 0) is 0 Å². The fourth-order valence-electron chi connectivity index (χ4n) is 1.48. The smallest absolute Gasteiger partial charge is 0.238 e. The molecule has 0 saturated carbocycles. The summed E-state index contributed by atoms with van der Waals surface area (Å²) in [6, 6.07) is 13.5. The molecule has 1 atom stereocenters. The third-order valence-electron chi connectivity index (χ3n) is 2.29. The molecular weight excluding hydrogens is 232 g/mol. The van der Waals surface area contributed by atoms with Crippen molar-refractivity contribution in [2.45, 2.75) is 13.2 Å². The van der Waals surface area contributed by atoms with E-state index < -0.39 is 6.29 Å². The number of phenolic OH excluding ortho intramolecular Hbond substituents is 2. The third-order valence-corrected chi connectivity index (χ3v) is 2.29. The number of rotatable bonds is 4. The number of ether oxygens (including phenoxy) is 2. The molecule has 0 radical (unpaired) electrons. The molecule has 0 saturated heterocycles. The molecule has 1 unspecified atom stereocenters. The molecule has 0 aliphatic carbocycles. The molecule has 2 N–H and O–H groups in total. The molecule has 0 amide bonds. The molecule has 0 aliphatic rings. The van der Waals surface area contributed by atoms with Crippen LogP contribution in [0, 0.1) is 0 Å². The summed E-state index contributed by atoms with van der Waals surface area (Å²) < 4.78 is 11.0. The molecule has 0 aromatic heterocycles. The van der Waals surface area contributed by atoms with Crippen LogP contribution in [0.2, 0.25) is 0 Å². The minimum Gasteiger partial charge on any atom is -0.504 e. The number of aromatic hydroxyl groups is 2. The Morgan fingerprint density at radius 2 is 1.50 bits per heavy atom. The van der Waals surface area contributed by atoms with Crippen molar-refractivity contribution in [2.75, 3.05) is 0 Å². The van der Waals surface area contributed by atoms with Crippen molar-refractivity contribution < 1.29 is 19.7 Å². The number of hydrogen-bond acceptors (Lipinski definition) is 4. The average molecular weight is 246 g/mol. The molecule has 18 heavy (non-hydrogen) atoms. The molecule has 0 aliphatic heterocycles. The van der Waals surface area contributed by atoms with Crippen LogP contribution in [0.5, 0.6) is 23.0 Å². The maximum atomic E-state index is 9.33. The zero-order chi connectivity index (χ0) is 13.0. The predicted octanol–water partition coefficient (Wildman–Crippen LogP) is 2.90. The van der Waals surface area contributed by atoms with Gasteiger partial charge in [-0.15, -0.1) is 0 Å². The van der Waals surface area contributed by atoms with Crippen LogP contribution in [0.3, 0.4) is 0 Å². The lowest BCUT2D eigenvalue weighted by Crippen LogP contribution is -2.19.